The largest absolute Gasteiger partial charge is 0.506 e. The van der Waals surface area contributed by atoms with Gasteiger partial charge in [0.2, 0.25) is 5.78 Å². The number of aromatic nitrogens is 1. The number of rotatable bonds is 5. The molecule has 2 heterocycles. The molecule has 0 saturated heterocycles. The predicted molar refractivity (Wildman–Crippen MR) is 122 cm³/mol. The third-order valence-electron chi connectivity index (χ3n) is 6.10. The maximum absolute atomic E-state index is 13.2. The van der Waals surface area contributed by atoms with E-state index in [1.165, 1.54) is 5.56 Å². The van der Waals surface area contributed by atoms with Gasteiger partial charge in [0.15, 0.2) is 0 Å². The minimum absolute atomic E-state index is 0.0783. The summed E-state index contributed by atoms with van der Waals surface area (Å²) in [5.41, 5.74) is 6.38. The Labute approximate surface area is 175 Å². The lowest BCUT2D eigenvalue weighted by Gasteiger charge is -2.22. The summed E-state index contributed by atoms with van der Waals surface area (Å²) < 4.78 is 2.21. The van der Waals surface area contributed by atoms with Crippen molar-refractivity contribution in [1.29, 1.82) is 0 Å². The number of ketones is 1. The standard InChI is InChI=1S/C26H24N2O2/c1-3-5-12-28-15-20(18-13-16(4-2)10-11-22(18)28)24-25(29)23(26(24)30)19-14-27-21-9-7-6-8-17(19)21/h6-11,13-15,29H,3-5,12H2,1-2H3/b23-19+. The molecule has 1 aliphatic heterocycles. The molecule has 0 fully saturated rings. The highest BCUT2D eigenvalue weighted by atomic mass is 16.3. The van der Waals surface area contributed by atoms with Gasteiger partial charge in [-0.1, -0.05) is 44.5 Å². The molecule has 2 aromatic carbocycles. The number of aliphatic hydroxyl groups is 1. The first-order valence-corrected chi connectivity index (χ1v) is 10.6. The average molecular weight is 396 g/mol. The van der Waals surface area contributed by atoms with Crippen molar-refractivity contribution < 1.29 is 9.90 Å². The molecule has 3 aromatic rings. The number of fused-ring (bicyclic) bond motifs is 2. The second kappa shape index (κ2) is 7.13. The van der Waals surface area contributed by atoms with Gasteiger partial charge in [-0.15, -0.1) is 0 Å². The van der Waals surface area contributed by atoms with Crippen LogP contribution in [0.5, 0.6) is 0 Å². The lowest BCUT2D eigenvalue weighted by molar-refractivity contribution is -0.111. The van der Waals surface area contributed by atoms with Crippen molar-refractivity contribution in [3.8, 4) is 0 Å². The number of carbonyl (C=O) groups excluding carboxylic acids is 1. The van der Waals surface area contributed by atoms with E-state index in [2.05, 4.69) is 41.6 Å². The topological polar surface area (TPSA) is 54.6 Å². The van der Waals surface area contributed by atoms with Gasteiger partial charge in [-0.05, 0) is 36.6 Å². The van der Waals surface area contributed by atoms with Crippen molar-refractivity contribution >= 4 is 39.7 Å². The zero-order valence-corrected chi connectivity index (χ0v) is 17.3. The minimum Gasteiger partial charge on any atom is -0.506 e. The van der Waals surface area contributed by atoms with E-state index in [4.69, 9.17) is 0 Å². The van der Waals surface area contributed by atoms with Gasteiger partial charge in [-0.25, -0.2) is 0 Å². The Kier molecular flexibility index (Phi) is 4.43. The summed E-state index contributed by atoms with van der Waals surface area (Å²) in [7, 11) is 0. The molecular weight excluding hydrogens is 372 g/mol. The molecule has 2 aliphatic rings. The maximum Gasteiger partial charge on any atom is 0.201 e. The Morgan fingerprint density at radius 2 is 1.87 bits per heavy atom. The smallest absolute Gasteiger partial charge is 0.201 e. The summed E-state index contributed by atoms with van der Waals surface area (Å²) in [6.45, 7) is 5.19. The molecule has 1 N–H and O–H groups in total. The lowest BCUT2D eigenvalue weighted by atomic mass is 9.79. The van der Waals surface area contributed by atoms with Crippen molar-refractivity contribution in [3.63, 3.8) is 0 Å². The molecule has 150 valence electrons. The summed E-state index contributed by atoms with van der Waals surface area (Å²) in [6.07, 6.45) is 6.81. The number of aliphatic imine (C=N–C) groups is 1. The fraction of sp³-hybridized carbons (Fsp3) is 0.231. The first kappa shape index (κ1) is 18.6. The highest BCUT2D eigenvalue weighted by molar-refractivity contribution is 6.45. The molecule has 4 heteroatoms. The summed E-state index contributed by atoms with van der Waals surface area (Å²) in [4.78, 5) is 17.6. The Morgan fingerprint density at radius 3 is 2.63 bits per heavy atom. The van der Waals surface area contributed by atoms with E-state index in [1.807, 2.05) is 30.5 Å². The molecule has 0 saturated carbocycles. The molecule has 0 bridgehead atoms. The zero-order chi connectivity index (χ0) is 20.8. The number of hydrogen-bond donors (Lipinski definition) is 1. The van der Waals surface area contributed by atoms with Gasteiger partial charge < -0.3 is 9.67 Å². The molecule has 0 radical (unpaired) electrons. The van der Waals surface area contributed by atoms with Crippen LogP contribution in [0.1, 0.15) is 43.4 Å². The predicted octanol–water partition coefficient (Wildman–Crippen LogP) is 6.03. The van der Waals surface area contributed by atoms with E-state index in [0.717, 1.165) is 53.5 Å². The van der Waals surface area contributed by atoms with Gasteiger partial charge in [-0.3, -0.25) is 9.79 Å². The number of unbranched alkanes of at least 4 members (excludes halogenated alkanes) is 1. The van der Waals surface area contributed by atoms with Crippen LogP contribution >= 0.6 is 0 Å². The van der Waals surface area contributed by atoms with Crippen LogP contribution in [-0.4, -0.2) is 21.7 Å². The zero-order valence-electron chi connectivity index (χ0n) is 17.3. The second-order valence-electron chi connectivity index (χ2n) is 7.91. The van der Waals surface area contributed by atoms with Crippen molar-refractivity contribution in [2.75, 3.05) is 0 Å². The van der Waals surface area contributed by atoms with E-state index in [0.29, 0.717) is 16.7 Å². The van der Waals surface area contributed by atoms with Crippen molar-refractivity contribution in [2.45, 2.75) is 39.7 Å². The van der Waals surface area contributed by atoms with Crippen LogP contribution in [0.3, 0.4) is 0 Å². The van der Waals surface area contributed by atoms with Crippen molar-refractivity contribution in [3.05, 3.63) is 76.7 Å². The Balaban J connectivity index is 1.67. The second-order valence-corrected chi connectivity index (χ2v) is 7.91. The van der Waals surface area contributed by atoms with Crippen molar-refractivity contribution in [1.82, 2.24) is 4.57 Å². The van der Waals surface area contributed by atoms with Crippen LogP contribution < -0.4 is 0 Å². The number of nitrogens with zero attached hydrogens (tertiary/aromatic N) is 2. The number of allylic oxidation sites excluding steroid dienone is 3. The van der Waals surface area contributed by atoms with Crippen LogP contribution in [0.4, 0.5) is 5.69 Å². The third-order valence-corrected chi connectivity index (χ3v) is 6.10. The Morgan fingerprint density at radius 1 is 1.03 bits per heavy atom. The van der Waals surface area contributed by atoms with E-state index in [-0.39, 0.29) is 11.5 Å². The summed E-state index contributed by atoms with van der Waals surface area (Å²) in [5, 5.41) is 12.0. The number of carbonyl (C=O) groups is 1. The number of para-hydroxylation sites is 1. The Hall–Kier alpha value is -3.40. The molecule has 1 aliphatic carbocycles. The molecule has 30 heavy (non-hydrogen) atoms. The fourth-order valence-electron chi connectivity index (χ4n) is 4.40. The highest BCUT2D eigenvalue weighted by Crippen LogP contribution is 2.45. The molecule has 5 rings (SSSR count). The van der Waals surface area contributed by atoms with Crippen LogP contribution in [0.15, 0.2) is 65.0 Å². The van der Waals surface area contributed by atoms with Gasteiger partial charge in [0, 0.05) is 46.6 Å². The van der Waals surface area contributed by atoms with E-state index in [1.54, 1.807) is 6.21 Å². The molecular formula is C26H24N2O2. The SMILES string of the molecule is CCCCn1cc(C2=C(O)/C(=C3/C=Nc4ccccc43)C2=O)c2cc(CC)ccc21. The third kappa shape index (κ3) is 2.67. The molecule has 0 unspecified atom stereocenters. The van der Waals surface area contributed by atoms with E-state index < -0.39 is 0 Å². The molecule has 1 aromatic heterocycles. The number of hydrogen-bond acceptors (Lipinski definition) is 3. The van der Waals surface area contributed by atoms with Gasteiger partial charge in [0.25, 0.3) is 0 Å². The number of aryl methyl sites for hydroxylation is 2. The summed E-state index contributed by atoms with van der Waals surface area (Å²) in [6, 6.07) is 14.1. The molecule has 4 nitrogen and oxygen atoms in total. The number of aliphatic hydroxyl groups excluding tert-OH is 1. The number of Topliss-reactive ketones (excluding diaryl/α,β-unsaturated/α-hetero) is 1. The van der Waals surface area contributed by atoms with Gasteiger partial charge in [-0.2, -0.15) is 0 Å². The van der Waals surface area contributed by atoms with Gasteiger partial charge in [0.05, 0.1) is 16.8 Å². The minimum atomic E-state index is -0.109. The molecule has 0 atom stereocenters. The molecule has 0 spiro atoms. The van der Waals surface area contributed by atoms with E-state index >= 15 is 0 Å². The molecule has 0 amide bonds. The quantitative estimate of drug-likeness (QED) is 0.536. The number of benzene rings is 2. The highest BCUT2D eigenvalue weighted by Gasteiger charge is 2.39. The Bertz CT molecular complexity index is 1290. The first-order chi connectivity index (χ1) is 14.6. The first-order valence-electron chi connectivity index (χ1n) is 10.6. The fourth-order valence-corrected chi connectivity index (χ4v) is 4.40. The van der Waals surface area contributed by atoms with Crippen LogP contribution in [-0.2, 0) is 17.8 Å². The van der Waals surface area contributed by atoms with E-state index in [9.17, 15) is 9.90 Å². The summed E-state index contributed by atoms with van der Waals surface area (Å²) in [5.74, 6) is -0.0308. The van der Waals surface area contributed by atoms with Gasteiger partial charge >= 0.3 is 0 Å². The normalized spacial score (nSPS) is 17.7. The van der Waals surface area contributed by atoms with Crippen LogP contribution in [0.25, 0.3) is 22.0 Å². The lowest BCUT2D eigenvalue weighted by Crippen LogP contribution is -2.22. The summed E-state index contributed by atoms with van der Waals surface area (Å²) >= 11 is 0. The van der Waals surface area contributed by atoms with Gasteiger partial charge in [0.1, 0.15) is 5.76 Å². The van der Waals surface area contributed by atoms with Crippen LogP contribution in [0.2, 0.25) is 0 Å². The average Bonchev–Trinajstić information content (AvgIpc) is 3.34. The maximum atomic E-state index is 13.2. The van der Waals surface area contributed by atoms with Crippen molar-refractivity contribution in [2.24, 2.45) is 4.99 Å². The monoisotopic (exact) mass is 396 g/mol. The van der Waals surface area contributed by atoms with Crippen LogP contribution in [0, 0.1) is 0 Å².